The number of nitrogens with zero attached hydrogens (tertiary/aromatic N) is 3. The van der Waals surface area contributed by atoms with Crippen LogP contribution in [0.15, 0.2) is 51.8 Å². The van der Waals surface area contributed by atoms with E-state index >= 15 is 0 Å². The third kappa shape index (κ3) is 5.55. The van der Waals surface area contributed by atoms with Crippen LogP contribution in [-0.4, -0.2) is 57.6 Å². The average molecular weight is 519 g/mol. The number of aromatic nitrogens is 1. The number of thiazole rings is 1. The Kier molecular flexibility index (Phi) is 7.80. The quantitative estimate of drug-likeness (QED) is 0.491. The first-order valence-electron chi connectivity index (χ1n) is 8.48. The fourth-order valence-electron chi connectivity index (χ4n) is 2.69. The maximum absolute atomic E-state index is 13.2. The Hall–Kier alpha value is -1.52. The van der Waals surface area contributed by atoms with Gasteiger partial charge in [0.15, 0.2) is 15.0 Å². The normalized spacial score (nSPS) is 11.5. The van der Waals surface area contributed by atoms with Crippen LogP contribution in [0.1, 0.15) is 10.4 Å². The zero-order chi connectivity index (χ0) is 20.5. The van der Waals surface area contributed by atoms with Gasteiger partial charge in [0.1, 0.15) is 5.52 Å². The monoisotopic (exact) mass is 517 g/mol. The van der Waals surface area contributed by atoms with Crippen molar-refractivity contribution in [1.82, 2.24) is 9.88 Å². The molecule has 1 amide bonds. The van der Waals surface area contributed by atoms with Crippen molar-refractivity contribution in [3.63, 3.8) is 0 Å². The molecule has 0 saturated carbocycles. The van der Waals surface area contributed by atoms with Gasteiger partial charge in [0, 0.05) is 29.4 Å². The Morgan fingerprint density at radius 1 is 1.14 bits per heavy atom. The molecule has 0 saturated heterocycles. The molecule has 156 valence electrons. The first kappa shape index (κ1) is 23.8. The summed E-state index contributed by atoms with van der Waals surface area (Å²) in [6.45, 7) is 1.08. The Morgan fingerprint density at radius 3 is 2.45 bits per heavy atom. The minimum atomic E-state index is -3.42. The van der Waals surface area contributed by atoms with Gasteiger partial charge in [-0.3, -0.25) is 9.69 Å². The summed E-state index contributed by atoms with van der Waals surface area (Å²) in [7, 11) is 0.446. The topological polar surface area (TPSA) is 70.6 Å². The third-order valence-electron chi connectivity index (χ3n) is 4.09. The molecule has 0 unspecified atom stereocenters. The molecule has 6 nitrogen and oxygen atoms in total. The largest absolute Gasteiger partial charge is 0.308 e. The third-order valence-corrected chi connectivity index (χ3v) is 6.75. The van der Waals surface area contributed by atoms with Crippen molar-refractivity contribution >= 4 is 70.8 Å². The van der Waals surface area contributed by atoms with E-state index in [0.717, 1.165) is 15.4 Å². The summed E-state index contributed by atoms with van der Waals surface area (Å²) in [5, 5.41) is 0.484. The number of para-hydroxylation sites is 1. The Balaban J connectivity index is 0.00000300. The average Bonchev–Trinajstić information content (AvgIpc) is 3.04. The summed E-state index contributed by atoms with van der Waals surface area (Å²) in [5.41, 5.74) is 0.942. The van der Waals surface area contributed by atoms with Gasteiger partial charge in [0.2, 0.25) is 0 Å². The van der Waals surface area contributed by atoms with E-state index in [1.165, 1.54) is 11.3 Å². The Morgan fingerprint density at radius 2 is 1.83 bits per heavy atom. The standard InChI is InChI=1S/C19H20BrN3O3S2.ClH/c1-22(2)10-11-23(18(24)13-6-4-7-14(20)12-13)19-21-17-15(27-19)8-5-9-16(17)28(3,25)26;/h4-9,12H,10-11H2,1-3H3;1H. The van der Waals surface area contributed by atoms with Crippen LogP contribution in [0.5, 0.6) is 0 Å². The van der Waals surface area contributed by atoms with Crippen LogP contribution in [0.3, 0.4) is 0 Å². The lowest BCUT2D eigenvalue weighted by Crippen LogP contribution is -2.36. The highest BCUT2D eigenvalue weighted by Crippen LogP contribution is 2.33. The molecule has 0 bridgehead atoms. The van der Waals surface area contributed by atoms with Gasteiger partial charge >= 0.3 is 0 Å². The molecular weight excluding hydrogens is 498 g/mol. The van der Waals surface area contributed by atoms with Crippen LogP contribution in [-0.2, 0) is 9.84 Å². The summed E-state index contributed by atoms with van der Waals surface area (Å²) >= 11 is 4.71. The molecule has 0 radical (unpaired) electrons. The number of anilines is 1. The van der Waals surface area contributed by atoms with Gasteiger partial charge < -0.3 is 4.90 Å². The van der Waals surface area contributed by atoms with Crippen LogP contribution >= 0.6 is 39.7 Å². The van der Waals surface area contributed by atoms with E-state index in [-0.39, 0.29) is 23.2 Å². The van der Waals surface area contributed by atoms with E-state index < -0.39 is 9.84 Å². The lowest BCUT2D eigenvalue weighted by Gasteiger charge is -2.22. The van der Waals surface area contributed by atoms with Gasteiger partial charge in [-0.25, -0.2) is 13.4 Å². The number of carbonyl (C=O) groups is 1. The van der Waals surface area contributed by atoms with Crippen molar-refractivity contribution in [3.8, 4) is 0 Å². The first-order chi connectivity index (χ1) is 13.2. The van der Waals surface area contributed by atoms with E-state index in [2.05, 4.69) is 20.9 Å². The highest BCUT2D eigenvalue weighted by atomic mass is 79.9. The maximum Gasteiger partial charge on any atom is 0.260 e. The van der Waals surface area contributed by atoms with Gasteiger partial charge in [-0.05, 0) is 44.4 Å². The zero-order valence-electron chi connectivity index (χ0n) is 16.1. The number of carbonyl (C=O) groups excluding carboxylic acids is 1. The van der Waals surface area contributed by atoms with Gasteiger partial charge in [-0.1, -0.05) is 39.4 Å². The van der Waals surface area contributed by atoms with Crippen LogP contribution in [0.25, 0.3) is 10.2 Å². The van der Waals surface area contributed by atoms with Crippen LogP contribution in [0.2, 0.25) is 0 Å². The van der Waals surface area contributed by atoms with Crippen LogP contribution < -0.4 is 4.90 Å². The maximum atomic E-state index is 13.2. The van der Waals surface area contributed by atoms with Crippen LogP contribution in [0, 0.1) is 0 Å². The van der Waals surface area contributed by atoms with Gasteiger partial charge in [0.25, 0.3) is 5.91 Å². The highest BCUT2D eigenvalue weighted by Gasteiger charge is 2.23. The number of benzene rings is 2. The smallest absolute Gasteiger partial charge is 0.260 e. The molecule has 29 heavy (non-hydrogen) atoms. The lowest BCUT2D eigenvalue weighted by atomic mass is 10.2. The molecule has 3 rings (SSSR count). The summed E-state index contributed by atoms with van der Waals surface area (Å²) < 4.78 is 25.8. The Labute approximate surface area is 189 Å². The second-order valence-corrected chi connectivity index (χ2v) is 10.6. The molecular formula is C19H21BrClN3O3S2. The predicted molar refractivity (Wildman–Crippen MR) is 124 cm³/mol. The van der Waals surface area contributed by atoms with E-state index in [4.69, 9.17) is 0 Å². The molecule has 3 aromatic rings. The molecule has 0 spiro atoms. The van der Waals surface area contributed by atoms with Crippen molar-refractivity contribution in [2.24, 2.45) is 0 Å². The summed E-state index contributed by atoms with van der Waals surface area (Å²) in [6, 6.07) is 12.2. The molecule has 0 aliphatic rings. The van der Waals surface area contributed by atoms with Crippen molar-refractivity contribution in [3.05, 3.63) is 52.5 Å². The van der Waals surface area contributed by atoms with E-state index in [0.29, 0.717) is 29.3 Å². The van der Waals surface area contributed by atoms with Gasteiger partial charge in [-0.15, -0.1) is 12.4 Å². The number of amides is 1. The molecule has 10 heteroatoms. The number of hydrogen-bond donors (Lipinski definition) is 0. The molecule has 0 fully saturated rings. The summed E-state index contributed by atoms with van der Waals surface area (Å²) in [4.78, 5) is 21.5. The Bertz CT molecular complexity index is 1130. The number of hydrogen-bond acceptors (Lipinski definition) is 6. The predicted octanol–water partition coefficient (Wildman–Crippen LogP) is 4.09. The molecule has 0 atom stereocenters. The van der Waals surface area contributed by atoms with Crippen molar-refractivity contribution in [2.75, 3.05) is 38.3 Å². The SMILES string of the molecule is CN(C)CCN(C(=O)c1cccc(Br)c1)c1nc2c(S(C)(=O)=O)cccc2s1.Cl. The van der Waals surface area contributed by atoms with E-state index in [1.54, 1.807) is 29.2 Å². The summed E-state index contributed by atoms with van der Waals surface area (Å²) in [6.07, 6.45) is 1.16. The zero-order valence-corrected chi connectivity index (χ0v) is 20.2. The number of fused-ring (bicyclic) bond motifs is 1. The summed E-state index contributed by atoms with van der Waals surface area (Å²) in [5.74, 6) is -0.178. The second kappa shape index (κ2) is 9.53. The number of sulfone groups is 1. The van der Waals surface area contributed by atoms with Gasteiger partial charge in [0.05, 0.1) is 9.60 Å². The molecule has 2 aromatic carbocycles. The van der Waals surface area contributed by atoms with Crippen LogP contribution in [0.4, 0.5) is 5.13 Å². The number of rotatable bonds is 6. The number of likely N-dealkylation sites (N-methyl/N-ethyl adjacent to an activating group) is 1. The fraction of sp³-hybridized carbons (Fsp3) is 0.263. The van der Waals surface area contributed by atoms with Crippen molar-refractivity contribution in [1.29, 1.82) is 0 Å². The van der Waals surface area contributed by atoms with E-state index in [9.17, 15) is 13.2 Å². The minimum Gasteiger partial charge on any atom is -0.308 e. The van der Waals surface area contributed by atoms with Crippen molar-refractivity contribution < 1.29 is 13.2 Å². The molecule has 0 N–H and O–H groups in total. The molecule has 0 aliphatic heterocycles. The second-order valence-electron chi connectivity index (χ2n) is 6.64. The molecule has 1 heterocycles. The minimum absolute atomic E-state index is 0. The molecule has 0 aliphatic carbocycles. The van der Waals surface area contributed by atoms with Crippen molar-refractivity contribution in [2.45, 2.75) is 4.90 Å². The van der Waals surface area contributed by atoms with Gasteiger partial charge in [-0.2, -0.15) is 0 Å². The lowest BCUT2D eigenvalue weighted by molar-refractivity contribution is 0.0985. The highest BCUT2D eigenvalue weighted by molar-refractivity contribution is 9.10. The molecule has 1 aromatic heterocycles. The van der Waals surface area contributed by atoms with E-state index in [1.807, 2.05) is 37.2 Å². The fourth-order valence-corrected chi connectivity index (χ4v) is 5.00. The number of halogens is 2. The first-order valence-corrected chi connectivity index (χ1v) is 12.0.